The molecule has 2 fully saturated rings. The number of fused-ring (bicyclic) bond motifs is 1. The van der Waals surface area contributed by atoms with Gasteiger partial charge in [0.2, 0.25) is 0 Å². The van der Waals surface area contributed by atoms with Crippen LogP contribution in [0, 0.1) is 0 Å². The van der Waals surface area contributed by atoms with Gasteiger partial charge in [-0.15, -0.1) is 0 Å². The van der Waals surface area contributed by atoms with Crippen LogP contribution in [0.3, 0.4) is 0 Å². The van der Waals surface area contributed by atoms with E-state index in [9.17, 15) is 0 Å². The van der Waals surface area contributed by atoms with Gasteiger partial charge in [-0.3, -0.25) is 9.80 Å². The molecule has 2 heterocycles. The molecule has 0 aromatic heterocycles. The monoisotopic (exact) mass is 538 g/mol. The second-order valence-corrected chi connectivity index (χ2v) is 11.3. The normalized spacial score (nSPS) is 23.7. The van der Waals surface area contributed by atoms with Gasteiger partial charge in [-0.05, 0) is 54.3 Å². The Morgan fingerprint density at radius 2 is 1.61 bits per heavy atom. The third-order valence-electron chi connectivity index (χ3n) is 8.33. The first-order chi connectivity index (χ1) is 18.5. The fourth-order valence-corrected chi connectivity index (χ4v) is 6.60. The first-order valence-electron chi connectivity index (χ1n) is 14.2. The van der Waals surface area contributed by atoms with Gasteiger partial charge < -0.3 is 27.4 Å². The van der Waals surface area contributed by atoms with E-state index in [1.165, 1.54) is 48.9 Å². The fourth-order valence-electron chi connectivity index (χ4n) is 6.42. The number of nitrogens with one attached hydrogen (secondary N) is 1. The summed E-state index contributed by atoms with van der Waals surface area (Å²) in [7, 11) is 0. The van der Waals surface area contributed by atoms with E-state index in [0.717, 1.165) is 62.8 Å². The number of halogens is 1. The van der Waals surface area contributed by atoms with Crippen molar-refractivity contribution in [2.45, 2.75) is 63.3 Å². The Morgan fingerprint density at radius 3 is 2.26 bits per heavy atom. The van der Waals surface area contributed by atoms with Crippen LogP contribution < -0.4 is 27.4 Å². The highest BCUT2D eigenvalue weighted by atomic mass is 35.5. The van der Waals surface area contributed by atoms with Gasteiger partial charge in [-0.1, -0.05) is 55.8 Å². The quantitative estimate of drug-likeness (QED) is 0.326. The predicted molar refractivity (Wildman–Crippen MR) is 159 cm³/mol. The molecule has 5 rings (SSSR count). The van der Waals surface area contributed by atoms with E-state index in [2.05, 4.69) is 55.3 Å². The zero-order valence-corrected chi connectivity index (χ0v) is 23.1. The molecule has 1 saturated heterocycles. The van der Waals surface area contributed by atoms with Crippen LogP contribution >= 0.6 is 11.6 Å². The van der Waals surface area contributed by atoms with Crippen molar-refractivity contribution in [2.75, 3.05) is 49.5 Å². The number of aliphatic imine (C=N–C) groups is 1. The third-order valence-corrected chi connectivity index (χ3v) is 8.57. The SMILES string of the molecule is NCCN1CCN(c2ccc(C3c4cc(Cl)ccc4NC(N=C(N)N)N3C3CCCCCCC3)cc2)CC1. The van der Waals surface area contributed by atoms with E-state index < -0.39 is 0 Å². The summed E-state index contributed by atoms with van der Waals surface area (Å²) in [4.78, 5) is 12.1. The van der Waals surface area contributed by atoms with E-state index in [1.54, 1.807) is 0 Å². The van der Waals surface area contributed by atoms with Gasteiger partial charge in [0.25, 0.3) is 0 Å². The highest BCUT2D eigenvalue weighted by Gasteiger charge is 2.39. The molecule has 8 nitrogen and oxygen atoms in total. The van der Waals surface area contributed by atoms with Crippen LogP contribution in [0.2, 0.25) is 5.02 Å². The van der Waals surface area contributed by atoms with Gasteiger partial charge in [0.05, 0.1) is 6.04 Å². The number of nitrogens with zero attached hydrogens (tertiary/aromatic N) is 4. The molecule has 9 heteroatoms. The van der Waals surface area contributed by atoms with Crippen molar-refractivity contribution in [3.8, 4) is 0 Å². The number of hydrogen-bond donors (Lipinski definition) is 4. The summed E-state index contributed by atoms with van der Waals surface area (Å²) < 4.78 is 0. The number of anilines is 2. The smallest absolute Gasteiger partial charge is 0.189 e. The molecule has 2 aromatic rings. The molecule has 0 spiro atoms. The summed E-state index contributed by atoms with van der Waals surface area (Å²) >= 11 is 6.56. The molecule has 0 radical (unpaired) electrons. The summed E-state index contributed by atoms with van der Waals surface area (Å²) in [5, 5.41) is 4.35. The zero-order valence-electron chi connectivity index (χ0n) is 22.4. The van der Waals surface area contributed by atoms with E-state index in [1.807, 2.05) is 12.1 Å². The summed E-state index contributed by atoms with van der Waals surface area (Å²) in [6.07, 6.45) is 8.27. The van der Waals surface area contributed by atoms with Crippen molar-refractivity contribution in [1.29, 1.82) is 0 Å². The molecule has 1 aliphatic carbocycles. The van der Waals surface area contributed by atoms with Crippen molar-refractivity contribution in [1.82, 2.24) is 9.80 Å². The summed E-state index contributed by atoms with van der Waals surface area (Å²) in [5.74, 6) is 0.0960. The van der Waals surface area contributed by atoms with Crippen LogP contribution in [0.25, 0.3) is 0 Å². The second-order valence-electron chi connectivity index (χ2n) is 10.9. The van der Waals surface area contributed by atoms with E-state index >= 15 is 0 Å². The topological polar surface area (TPSA) is 112 Å². The molecule has 0 amide bonds. The number of nitrogens with two attached hydrogens (primary N) is 3. The molecule has 2 aliphatic heterocycles. The Hall–Kier alpha value is -2.52. The summed E-state index contributed by atoms with van der Waals surface area (Å²) in [6, 6.07) is 15.5. The zero-order chi connectivity index (χ0) is 26.5. The molecule has 7 N–H and O–H groups in total. The molecule has 38 heavy (non-hydrogen) atoms. The Labute approximate surface area is 232 Å². The average Bonchev–Trinajstić information content (AvgIpc) is 2.89. The lowest BCUT2D eigenvalue weighted by atomic mass is 9.88. The molecule has 2 atom stereocenters. The maximum atomic E-state index is 6.56. The van der Waals surface area contributed by atoms with Crippen LogP contribution in [0.4, 0.5) is 11.4 Å². The van der Waals surface area contributed by atoms with Gasteiger partial charge in [-0.25, -0.2) is 4.99 Å². The lowest BCUT2D eigenvalue weighted by molar-refractivity contribution is 0.0875. The predicted octanol–water partition coefficient (Wildman–Crippen LogP) is 3.91. The Morgan fingerprint density at radius 1 is 0.921 bits per heavy atom. The Bertz CT molecular complexity index is 1070. The van der Waals surface area contributed by atoms with Gasteiger partial charge in [0.1, 0.15) is 0 Å². The highest BCUT2D eigenvalue weighted by molar-refractivity contribution is 6.30. The minimum absolute atomic E-state index is 0.00192. The maximum Gasteiger partial charge on any atom is 0.189 e. The van der Waals surface area contributed by atoms with E-state index in [-0.39, 0.29) is 18.3 Å². The molecule has 2 aromatic carbocycles. The van der Waals surface area contributed by atoms with Crippen LogP contribution in [0.15, 0.2) is 47.5 Å². The molecular formula is C29H43ClN8. The van der Waals surface area contributed by atoms with Crippen molar-refractivity contribution in [2.24, 2.45) is 22.2 Å². The molecule has 2 unspecified atom stereocenters. The van der Waals surface area contributed by atoms with E-state index in [4.69, 9.17) is 28.8 Å². The number of hydrogen-bond acceptors (Lipinski definition) is 6. The van der Waals surface area contributed by atoms with Gasteiger partial charge >= 0.3 is 0 Å². The second kappa shape index (κ2) is 12.6. The minimum Gasteiger partial charge on any atom is -0.370 e. The molecule has 0 bridgehead atoms. The number of benzene rings is 2. The van der Waals surface area contributed by atoms with Crippen molar-refractivity contribution < 1.29 is 0 Å². The van der Waals surface area contributed by atoms with Crippen molar-refractivity contribution >= 4 is 28.9 Å². The number of rotatable bonds is 6. The first-order valence-corrected chi connectivity index (χ1v) is 14.6. The molecule has 1 saturated carbocycles. The fraction of sp³-hybridized carbons (Fsp3) is 0.552. The Balaban J connectivity index is 1.49. The average molecular weight is 539 g/mol. The van der Waals surface area contributed by atoms with Gasteiger partial charge in [0.15, 0.2) is 12.2 Å². The van der Waals surface area contributed by atoms with E-state index in [0.29, 0.717) is 6.04 Å². The highest BCUT2D eigenvalue weighted by Crippen LogP contribution is 2.44. The molecule has 206 valence electrons. The van der Waals surface area contributed by atoms with Crippen molar-refractivity contribution in [3.63, 3.8) is 0 Å². The summed E-state index contributed by atoms with van der Waals surface area (Å²) in [6.45, 7) is 5.83. The van der Waals surface area contributed by atoms with Crippen LogP contribution in [-0.2, 0) is 0 Å². The molecular weight excluding hydrogens is 496 g/mol. The van der Waals surface area contributed by atoms with Crippen molar-refractivity contribution in [3.05, 3.63) is 58.6 Å². The molecule has 3 aliphatic rings. The lowest BCUT2D eigenvalue weighted by Gasteiger charge is -2.47. The standard InChI is InChI=1S/C29H43ClN8/c30-22-10-13-26-25(20-22)27(21-8-11-23(12-9-21)37-18-16-36(15-14-31)17-19-37)38(29(34-26)35-28(32)33)24-6-4-2-1-3-5-7-24/h8-13,20,24,27,29,34H,1-7,14-19,31H2,(H4,32,33,35). The summed E-state index contributed by atoms with van der Waals surface area (Å²) in [5.41, 5.74) is 22.4. The number of guanidine groups is 1. The Kier molecular flexibility index (Phi) is 8.94. The lowest BCUT2D eigenvalue weighted by Crippen LogP contribution is -2.52. The van der Waals surface area contributed by atoms with Crippen LogP contribution in [-0.4, -0.2) is 67.4 Å². The van der Waals surface area contributed by atoms with Crippen LogP contribution in [0.1, 0.15) is 62.1 Å². The van der Waals surface area contributed by atoms with Gasteiger partial charge in [0, 0.05) is 61.7 Å². The van der Waals surface area contributed by atoms with Gasteiger partial charge in [-0.2, -0.15) is 0 Å². The maximum absolute atomic E-state index is 6.56. The number of piperazine rings is 1. The third kappa shape index (κ3) is 6.20. The minimum atomic E-state index is -0.335. The van der Waals surface area contributed by atoms with Crippen LogP contribution in [0.5, 0.6) is 0 Å². The largest absolute Gasteiger partial charge is 0.370 e. The first kappa shape index (κ1) is 27.1.